The summed E-state index contributed by atoms with van der Waals surface area (Å²) in [6.07, 6.45) is 0.689. The van der Waals surface area contributed by atoms with Crippen LogP contribution in [0.25, 0.3) is 0 Å². The van der Waals surface area contributed by atoms with Gasteiger partial charge in [-0.3, -0.25) is 9.69 Å². The number of amides is 1. The van der Waals surface area contributed by atoms with Crippen LogP contribution in [0.15, 0.2) is 18.2 Å². The number of rotatable bonds is 4. The second-order valence-electron chi connectivity index (χ2n) is 6.37. The van der Waals surface area contributed by atoms with Crippen LogP contribution in [0.3, 0.4) is 0 Å². The number of benzene rings is 1. The number of sulfone groups is 1. The summed E-state index contributed by atoms with van der Waals surface area (Å²) < 4.78 is 28.7. The molecule has 0 N–H and O–H groups in total. The lowest BCUT2D eigenvalue weighted by Gasteiger charge is -2.37. The standard InChI is InChI=1S/C16H20Cl2N2O4S/c17-12-7-13(18)9-15(8-12)24-10-16(21)20-4-2-19(3-5-20)14-1-6-25(22,23)11-14/h7-9,14H,1-6,10-11H2/t14-/m1/s1. The molecule has 0 saturated carbocycles. The van der Waals surface area contributed by atoms with E-state index in [9.17, 15) is 13.2 Å². The highest BCUT2D eigenvalue weighted by Gasteiger charge is 2.34. The molecule has 2 aliphatic heterocycles. The number of halogens is 2. The van der Waals surface area contributed by atoms with E-state index >= 15 is 0 Å². The van der Waals surface area contributed by atoms with Crippen molar-refractivity contribution >= 4 is 38.9 Å². The number of piperazine rings is 1. The average molecular weight is 407 g/mol. The van der Waals surface area contributed by atoms with Crippen LogP contribution >= 0.6 is 23.2 Å². The Morgan fingerprint density at radius 2 is 1.76 bits per heavy atom. The van der Waals surface area contributed by atoms with Crippen molar-refractivity contribution in [1.82, 2.24) is 9.80 Å². The lowest BCUT2D eigenvalue weighted by Crippen LogP contribution is -2.53. The molecule has 0 spiro atoms. The molecule has 2 heterocycles. The maximum Gasteiger partial charge on any atom is 0.260 e. The van der Waals surface area contributed by atoms with E-state index < -0.39 is 9.84 Å². The summed E-state index contributed by atoms with van der Waals surface area (Å²) in [6.45, 7) is 2.46. The topological polar surface area (TPSA) is 66.9 Å². The summed E-state index contributed by atoms with van der Waals surface area (Å²) in [5.74, 6) is 0.863. The Labute approximate surface area is 157 Å². The van der Waals surface area contributed by atoms with E-state index in [4.69, 9.17) is 27.9 Å². The van der Waals surface area contributed by atoms with Crippen LogP contribution in [0, 0.1) is 0 Å². The third-order valence-electron chi connectivity index (χ3n) is 4.59. The minimum absolute atomic E-state index is 0.0749. The third kappa shape index (κ3) is 5.00. The van der Waals surface area contributed by atoms with Crippen LogP contribution in [0.5, 0.6) is 5.75 Å². The second-order valence-corrected chi connectivity index (χ2v) is 9.47. The van der Waals surface area contributed by atoms with Crippen LogP contribution in [0.2, 0.25) is 10.0 Å². The van der Waals surface area contributed by atoms with E-state index in [1.807, 2.05) is 0 Å². The molecule has 25 heavy (non-hydrogen) atoms. The zero-order valence-corrected chi connectivity index (χ0v) is 16.0. The SMILES string of the molecule is O=C(COc1cc(Cl)cc(Cl)c1)N1CCN([C@@H]2CCS(=O)(=O)C2)CC1. The van der Waals surface area contributed by atoms with Gasteiger partial charge in [-0.05, 0) is 24.6 Å². The van der Waals surface area contributed by atoms with Crippen LogP contribution in [-0.2, 0) is 14.6 Å². The molecular weight excluding hydrogens is 387 g/mol. The van der Waals surface area contributed by atoms with Crippen molar-refractivity contribution in [3.63, 3.8) is 0 Å². The molecule has 2 fully saturated rings. The van der Waals surface area contributed by atoms with E-state index in [0.29, 0.717) is 48.4 Å². The van der Waals surface area contributed by atoms with Gasteiger partial charge in [-0.25, -0.2) is 8.42 Å². The van der Waals surface area contributed by atoms with E-state index in [2.05, 4.69) is 4.90 Å². The van der Waals surface area contributed by atoms with E-state index in [1.54, 1.807) is 23.1 Å². The van der Waals surface area contributed by atoms with Gasteiger partial charge in [0.15, 0.2) is 16.4 Å². The van der Waals surface area contributed by atoms with Gasteiger partial charge < -0.3 is 9.64 Å². The highest BCUT2D eigenvalue weighted by atomic mass is 35.5. The summed E-state index contributed by atoms with van der Waals surface area (Å²) in [7, 11) is -2.88. The highest BCUT2D eigenvalue weighted by molar-refractivity contribution is 7.91. The lowest BCUT2D eigenvalue weighted by molar-refractivity contribution is -0.135. The Hall–Kier alpha value is -1.02. The maximum absolute atomic E-state index is 12.3. The van der Waals surface area contributed by atoms with E-state index in [0.717, 1.165) is 0 Å². The van der Waals surface area contributed by atoms with E-state index in [1.165, 1.54) is 0 Å². The molecule has 1 amide bonds. The molecule has 0 bridgehead atoms. The Kier molecular flexibility index (Phi) is 5.78. The van der Waals surface area contributed by atoms with Crippen LogP contribution in [0.1, 0.15) is 6.42 Å². The molecular formula is C16H20Cl2N2O4S. The number of nitrogens with zero attached hydrogens (tertiary/aromatic N) is 2. The summed E-state index contributed by atoms with van der Waals surface area (Å²) in [4.78, 5) is 16.2. The first-order valence-electron chi connectivity index (χ1n) is 8.13. The Bertz CT molecular complexity index is 728. The van der Waals surface area contributed by atoms with Gasteiger partial charge in [0.2, 0.25) is 0 Å². The molecule has 9 heteroatoms. The molecule has 2 aliphatic rings. The highest BCUT2D eigenvalue weighted by Crippen LogP contribution is 2.24. The molecule has 1 atom stereocenters. The van der Waals surface area contributed by atoms with Crippen molar-refractivity contribution in [1.29, 1.82) is 0 Å². The molecule has 3 rings (SSSR count). The Balaban J connectivity index is 1.47. The van der Waals surface area contributed by atoms with Crippen molar-refractivity contribution in [2.24, 2.45) is 0 Å². The summed E-state index contributed by atoms with van der Waals surface area (Å²) in [6, 6.07) is 4.91. The third-order valence-corrected chi connectivity index (χ3v) is 6.78. The van der Waals surface area contributed by atoms with Gasteiger partial charge in [0.25, 0.3) is 5.91 Å². The Morgan fingerprint density at radius 1 is 1.12 bits per heavy atom. The molecule has 0 aliphatic carbocycles. The van der Waals surface area contributed by atoms with Crippen molar-refractivity contribution in [3.05, 3.63) is 28.2 Å². The number of carbonyl (C=O) groups excluding carboxylic acids is 1. The lowest BCUT2D eigenvalue weighted by atomic mass is 10.2. The summed E-state index contributed by atoms with van der Waals surface area (Å²) >= 11 is 11.8. The van der Waals surface area contributed by atoms with Gasteiger partial charge in [0.1, 0.15) is 5.75 Å². The predicted octanol–water partition coefficient (Wildman–Crippen LogP) is 1.70. The minimum Gasteiger partial charge on any atom is -0.484 e. The molecule has 1 aromatic carbocycles. The van der Waals surface area contributed by atoms with Crippen molar-refractivity contribution in [2.45, 2.75) is 12.5 Å². The first-order chi connectivity index (χ1) is 11.8. The molecule has 0 unspecified atom stereocenters. The monoisotopic (exact) mass is 406 g/mol. The van der Waals surface area contributed by atoms with Crippen LogP contribution < -0.4 is 4.74 Å². The first-order valence-corrected chi connectivity index (χ1v) is 10.7. The second kappa shape index (κ2) is 7.70. The molecule has 6 nitrogen and oxygen atoms in total. The van der Waals surface area contributed by atoms with Crippen molar-refractivity contribution in [3.8, 4) is 5.75 Å². The molecule has 138 valence electrons. The van der Waals surface area contributed by atoms with Crippen LogP contribution in [0.4, 0.5) is 0 Å². The van der Waals surface area contributed by atoms with Gasteiger partial charge in [-0.2, -0.15) is 0 Å². The first kappa shape index (κ1) is 18.8. The normalized spacial score (nSPS) is 23.6. The number of ether oxygens (including phenoxy) is 1. The fourth-order valence-corrected chi connectivity index (χ4v) is 5.52. The quantitative estimate of drug-likeness (QED) is 0.760. The van der Waals surface area contributed by atoms with Gasteiger partial charge >= 0.3 is 0 Å². The van der Waals surface area contributed by atoms with Crippen molar-refractivity contribution in [2.75, 3.05) is 44.3 Å². The minimum atomic E-state index is -2.88. The number of hydrogen-bond donors (Lipinski definition) is 0. The zero-order chi connectivity index (χ0) is 18.0. The smallest absolute Gasteiger partial charge is 0.260 e. The number of hydrogen-bond acceptors (Lipinski definition) is 5. The maximum atomic E-state index is 12.3. The van der Waals surface area contributed by atoms with E-state index in [-0.39, 0.29) is 30.1 Å². The molecule has 0 aromatic heterocycles. The fraction of sp³-hybridized carbons (Fsp3) is 0.562. The Morgan fingerprint density at radius 3 is 2.32 bits per heavy atom. The largest absolute Gasteiger partial charge is 0.484 e. The number of carbonyl (C=O) groups is 1. The van der Waals surface area contributed by atoms with Crippen LogP contribution in [-0.4, -0.2) is 74.5 Å². The van der Waals surface area contributed by atoms with Crippen molar-refractivity contribution < 1.29 is 17.9 Å². The average Bonchev–Trinajstić information content (AvgIpc) is 2.92. The van der Waals surface area contributed by atoms with Gasteiger partial charge in [0, 0.05) is 42.3 Å². The van der Waals surface area contributed by atoms with Gasteiger partial charge in [-0.1, -0.05) is 23.2 Å². The van der Waals surface area contributed by atoms with Gasteiger partial charge in [-0.15, -0.1) is 0 Å². The zero-order valence-electron chi connectivity index (χ0n) is 13.7. The summed E-state index contributed by atoms with van der Waals surface area (Å²) in [5.41, 5.74) is 0. The molecule has 2 saturated heterocycles. The predicted molar refractivity (Wildman–Crippen MR) is 97.2 cm³/mol. The van der Waals surface area contributed by atoms with Gasteiger partial charge in [0.05, 0.1) is 11.5 Å². The molecule has 1 aromatic rings. The molecule has 0 radical (unpaired) electrons. The summed E-state index contributed by atoms with van der Waals surface area (Å²) in [5, 5.41) is 0.908. The fourth-order valence-electron chi connectivity index (χ4n) is 3.25.